The molecule has 0 amide bonds. The van der Waals surface area contributed by atoms with Gasteiger partial charge in [0.05, 0.1) is 26.4 Å². The fourth-order valence-electron chi connectivity index (χ4n) is 2.34. The van der Waals surface area contributed by atoms with Crippen LogP contribution in [0.25, 0.3) is 0 Å². The van der Waals surface area contributed by atoms with Crippen molar-refractivity contribution in [3.63, 3.8) is 0 Å². The molecule has 2 aliphatic heterocycles. The van der Waals surface area contributed by atoms with Gasteiger partial charge in [0.1, 0.15) is 0 Å². The molecule has 4 nitrogen and oxygen atoms in total. The van der Waals surface area contributed by atoms with Crippen molar-refractivity contribution in [1.82, 2.24) is 9.80 Å². The predicted molar refractivity (Wildman–Crippen MR) is 68.1 cm³/mol. The van der Waals surface area contributed by atoms with E-state index in [1.54, 1.807) is 0 Å². The van der Waals surface area contributed by atoms with Crippen molar-refractivity contribution in [2.45, 2.75) is 12.8 Å². The van der Waals surface area contributed by atoms with E-state index in [4.69, 9.17) is 9.47 Å². The Morgan fingerprint density at radius 1 is 0.824 bits per heavy atom. The van der Waals surface area contributed by atoms with Gasteiger partial charge in [-0.1, -0.05) is 0 Å². The van der Waals surface area contributed by atoms with E-state index < -0.39 is 0 Å². The maximum Gasteiger partial charge on any atom is 0.0594 e. The van der Waals surface area contributed by atoms with E-state index in [-0.39, 0.29) is 0 Å². The number of morpholine rings is 2. The minimum absolute atomic E-state index is 0.904. The largest absolute Gasteiger partial charge is 0.379 e. The second-order valence-electron chi connectivity index (χ2n) is 4.80. The van der Waals surface area contributed by atoms with Crippen LogP contribution >= 0.6 is 0 Å². The van der Waals surface area contributed by atoms with E-state index in [0.29, 0.717) is 0 Å². The van der Waals surface area contributed by atoms with Crippen LogP contribution in [0.2, 0.25) is 0 Å². The van der Waals surface area contributed by atoms with Crippen molar-refractivity contribution in [3.8, 4) is 0 Å². The molecule has 0 aromatic heterocycles. The van der Waals surface area contributed by atoms with Gasteiger partial charge >= 0.3 is 0 Å². The van der Waals surface area contributed by atoms with Gasteiger partial charge in [0, 0.05) is 32.7 Å². The number of hydrogen-bond donors (Lipinski definition) is 0. The molecule has 17 heavy (non-hydrogen) atoms. The summed E-state index contributed by atoms with van der Waals surface area (Å²) in [5, 5.41) is 0. The average Bonchev–Trinajstić information content (AvgIpc) is 2.41. The molecule has 0 aliphatic carbocycles. The van der Waals surface area contributed by atoms with Gasteiger partial charge in [-0.3, -0.25) is 9.80 Å². The van der Waals surface area contributed by atoms with Crippen LogP contribution in [0, 0.1) is 6.42 Å². The number of rotatable bonds is 6. The molecule has 99 valence electrons. The number of nitrogens with zero attached hydrogens (tertiary/aromatic N) is 2. The summed E-state index contributed by atoms with van der Waals surface area (Å²) in [7, 11) is 0. The second kappa shape index (κ2) is 8.03. The molecule has 2 heterocycles. The molecule has 2 aliphatic rings. The van der Waals surface area contributed by atoms with E-state index in [1.165, 1.54) is 19.4 Å². The maximum absolute atomic E-state index is 5.34. The van der Waals surface area contributed by atoms with Crippen LogP contribution in [-0.2, 0) is 9.47 Å². The molecule has 1 radical (unpaired) electrons. The summed E-state index contributed by atoms with van der Waals surface area (Å²) < 4.78 is 10.7. The van der Waals surface area contributed by atoms with Gasteiger partial charge in [-0.25, -0.2) is 0 Å². The topological polar surface area (TPSA) is 24.9 Å². The molecule has 0 atom stereocenters. The van der Waals surface area contributed by atoms with Gasteiger partial charge in [0.15, 0.2) is 0 Å². The normalized spacial score (nSPS) is 24.0. The first-order chi connectivity index (χ1) is 8.45. The number of unbranched alkanes of at least 4 members (excludes halogenated alkanes) is 2. The van der Waals surface area contributed by atoms with Crippen molar-refractivity contribution in [3.05, 3.63) is 6.42 Å². The molecule has 4 heteroatoms. The molecule has 0 spiro atoms. The molecule has 0 aromatic carbocycles. The molecule has 0 saturated carbocycles. The maximum atomic E-state index is 5.34. The lowest BCUT2D eigenvalue weighted by atomic mass is 10.2. The van der Waals surface area contributed by atoms with Crippen LogP contribution in [0.5, 0.6) is 0 Å². The molecule has 2 rings (SSSR count). The third kappa shape index (κ3) is 5.34. The lowest BCUT2D eigenvalue weighted by Crippen LogP contribution is -2.37. The summed E-state index contributed by atoms with van der Waals surface area (Å²) >= 11 is 0. The Labute approximate surface area is 105 Å². The summed E-state index contributed by atoms with van der Waals surface area (Å²) in [6.45, 7) is 10.4. The summed E-state index contributed by atoms with van der Waals surface area (Å²) in [6, 6.07) is 0. The van der Waals surface area contributed by atoms with Crippen LogP contribution in [0.15, 0.2) is 0 Å². The van der Waals surface area contributed by atoms with Crippen molar-refractivity contribution in [2.24, 2.45) is 0 Å². The molecule has 2 saturated heterocycles. The van der Waals surface area contributed by atoms with E-state index in [2.05, 4.69) is 16.2 Å². The molecule has 0 bridgehead atoms. The average molecular weight is 241 g/mol. The highest BCUT2D eigenvalue weighted by atomic mass is 16.5. The zero-order valence-electron chi connectivity index (χ0n) is 10.8. The summed E-state index contributed by atoms with van der Waals surface area (Å²) in [4.78, 5) is 4.98. The quantitative estimate of drug-likeness (QED) is 0.637. The van der Waals surface area contributed by atoms with Crippen LogP contribution < -0.4 is 0 Å². The van der Waals surface area contributed by atoms with E-state index in [0.717, 1.165) is 59.2 Å². The minimum Gasteiger partial charge on any atom is -0.379 e. The highest BCUT2D eigenvalue weighted by molar-refractivity contribution is 4.74. The van der Waals surface area contributed by atoms with Crippen molar-refractivity contribution < 1.29 is 9.47 Å². The van der Waals surface area contributed by atoms with Crippen molar-refractivity contribution in [2.75, 3.05) is 65.7 Å². The van der Waals surface area contributed by atoms with Gasteiger partial charge in [-0.2, -0.15) is 0 Å². The highest BCUT2D eigenvalue weighted by Gasteiger charge is 2.11. The zero-order chi connectivity index (χ0) is 11.8. The fourth-order valence-corrected chi connectivity index (χ4v) is 2.34. The van der Waals surface area contributed by atoms with Crippen molar-refractivity contribution in [1.29, 1.82) is 0 Å². The molecular weight excluding hydrogens is 216 g/mol. The zero-order valence-corrected chi connectivity index (χ0v) is 10.8. The Balaban J connectivity index is 1.42. The molecule has 0 N–H and O–H groups in total. The molecule has 0 unspecified atom stereocenters. The third-order valence-electron chi connectivity index (χ3n) is 3.48. The Morgan fingerprint density at radius 3 is 2.06 bits per heavy atom. The fraction of sp³-hybridized carbons (Fsp3) is 0.923. The third-order valence-corrected chi connectivity index (χ3v) is 3.48. The monoisotopic (exact) mass is 241 g/mol. The molecular formula is C13H25N2O2. The van der Waals surface area contributed by atoms with Crippen LogP contribution in [0.1, 0.15) is 12.8 Å². The van der Waals surface area contributed by atoms with Crippen LogP contribution in [0.3, 0.4) is 0 Å². The van der Waals surface area contributed by atoms with Gasteiger partial charge in [-0.05, 0) is 25.8 Å². The minimum atomic E-state index is 0.904. The Kier molecular flexibility index (Phi) is 6.27. The first-order valence-electron chi connectivity index (χ1n) is 6.87. The lowest BCUT2D eigenvalue weighted by Gasteiger charge is -2.27. The summed E-state index contributed by atoms with van der Waals surface area (Å²) in [6.07, 6.45) is 4.94. The Hall–Kier alpha value is -0.160. The highest BCUT2D eigenvalue weighted by Crippen LogP contribution is 2.04. The first kappa shape index (κ1) is 13.3. The number of ether oxygens (including phenoxy) is 2. The van der Waals surface area contributed by atoms with Crippen molar-refractivity contribution >= 4 is 0 Å². The van der Waals surface area contributed by atoms with Gasteiger partial charge < -0.3 is 9.47 Å². The Bertz CT molecular complexity index is 170. The van der Waals surface area contributed by atoms with Crippen LogP contribution in [-0.4, -0.2) is 75.5 Å². The summed E-state index contributed by atoms with van der Waals surface area (Å²) in [5.41, 5.74) is 0. The van der Waals surface area contributed by atoms with E-state index >= 15 is 0 Å². The number of hydrogen-bond acceptors (Lipinski definition) is 4. The molecule has 0 aromatic rings. The van der Waals surface area contributed by atoms with E-state index in [1.807, 2.05) is 0 Å². The summed E-state index contributed by atoms with van der Waals surface area (Å²) in [5.74, 6) is 0. The standard InChI is InChI=1S/C13H25N2O2/c1(2-4-14-6-10-16-11-7-14)3-5-15-8-12-17-13-9-15/h2H,1,3-13H2. The van der Waals surface area contributed by atoms with Crippen LogP contribution in [0.4, 0.5) is 0 Å². The molecule has 2 fully saturated rings. The SMILES string of the molecule is [CH](CCCN1CCOCC1)CN1CCOCC1. The van der Waals surface area contributed by atoms with Gasteiger partial charge in [-0.15, -0.1) is 0 Å². The lowest BCUT2D eigenvalue weighted by molar-refractivity contribution is 0.0365. The smallest absolute Gasteiger partial charge is 0.0594 e. The van der Waals surface area contributed by atoms with Gasteiger partial charge in [0.25, 0.3) is 0 Å². The first-order valence-corrected chi connectivity index (χ1v) is 6.87. The second-order valence-corrected chi connectivity index (χ2v) is 4.80. The predicted octanol–water partition coefficient (Wildman–Crippen LogP) is 0.635. The van der Waals surface area contributed by atoms with E-state index in [9.17, 15) is 0 Å². The Morgan fingerprint density at radius 2 is 1.41 bits per heavy atom. The van der Waals surface area contributed by atoms with Gasteiger partial charge in [0.2, 0.25) is 0 Å².